The highest BCUT2D eigenvalue weighted by Crippen LogP contribution is 2.45. The van der Waals surface area contributed by atoms with Gasteiger partial charge < -0.3 is 9.13 Å². The first-order chi connectivity index (χ1) is 27.3. The van der Waals surface area contributed by atoms with Crippen molar-refractivity contribution in [3.63, 3.8) is 0 Å². The third-order valence-corrected chi connectivity index (χ3v) is 11.7. The average Bonchev–Trinajstić information content (AvgIpc) is 3.96. The maximum Gasteiger partial charge on any atom is 0.165 e. The van der Waals surface area contributed by atoms with Crippen LogP contribution in [0, 0.1) is 0 Å². The van der Waals surface area contributed by atoms with Gasteiger partial charge in [-0.2, -0.15) is 0 Å². The molecule has 8 aromatic carbocycles. The molecule has 0 unspecified atom stereocenters. The molecule has 0 aliphatic rings. The Balaban J connectivity index is 1.16. The zero-order valence-corrected chi connectivity index (χ0v) is 29.5. The van der Waals surface area contributed by atoms with Crippen molar-refractivity contribution in [2.75, 3.05) is 0 Å². The SMILES string of the molecule is c1ccc(-n2c3ccccc3c3cc(-c4cc5c6cc7c8ccccc8n(-c8ccccc8)c7cc6n6c7nc8ccccc8nc7c(c4)c56)ccc32)cc1. The number of fused-ring (bicyclic) bond motifs is 13. The third kappa shape index (κ3) is 3.86. The Morgan fingerprint density at radius 1 is 0.327 bits per heavy atom. The van der Waals surface area contributed by atoms with E-state index in [0.29, 0.717) is 0 Å². The molecular weight excluding hydrogens is 671 g/mol. The van der Waals surface area contributed by atoms with Gasteiger partial charge in [-0.3, -0.25) is 4.40 Å². The topological polar surface area (TPSA) is 40.0 Å². The Hall–Kier alpha value is -7.50. The molecule has 0 saturated carbocycles. The van der Waals surface area contributed by atoms with Crippen LogP contribution in [-0.4, -0.2) is 23.5 Å². The zero-order valence-electron chi connectivity index (χ0n) is 29.5. The van der Waals surface area contributed by atoms with E-state index in [4.69, 9.17) is 9.97 Å². The number of aromatic nitrogens is 5. The van der Waals surface area contributed by atoms with Crippen molar-refractivity contribution in [1.82, 2.24) is 23.5 Å². The molecule has 0 aliphatic carbocycles. The molecule has 254 valence electrons. The molecule has 13 aromatic rings. The molecule has 0 atom stereocenters. The van der Waals surface area contributed by atoms with E-state index in [1.807, 2.05) is 12.1 Å². The fourth-order valence-corrected chi connectivity index (χ4v) is 9.36. The molecule has 0 spiro atoms. The van der Waals surface area contributed by atoms with Crippen molar-refractivity contribution in [2.24, 2.45) is 0 Å². The molecule has 13 rings (SSSR count). The van der Waals surface area contributed by atoms with E-state index in [1.165, 1.54) is 59.9 Å². The zero-order chi connectivity index (χ0) is 35.8. The van der Waals surface area contributed by atoms with Gasteiger partial charge in [0.15, 0.2) is 5.65 Å². The summed E-state index contributed by atoms with van der Waals surface area (Å²) in [5, 5.41) is 8.48. The first-order valence-electron chi connectivity index (χ1n) is 18.8. The molecule has 5 aromatic heterocycles. The van der Waals surface area contributed by atoms with Crippen molar-refractivity contribution in [3.8, 4) is 22.5 Å². The first kappa shape index (κ1) is 29.0. The molecule has 0 amide bonds. The lowest BCUT2D eigenvalue weighted by Crippen LogP contribution is -1.93. The molecule has 55 heavy (non-hydrogen) atoms. The van der Waals surface area contributed by atoms with Gasteiger partial charge in [0.05, 0.1) is 44.1 Å². The quantitative estimate of drug-likeness (QED) is 0.184. The fraction of sp³-hybridized carbons (Fsp3) is 0. The summed E-state index contributed by atoms with van der Waals surface area (Å²) in [6.45, 7) is 0. The van der Waals surface area contributed by atoms with E-state index in [2.05, 4.69) is 177 Å². The normalized spacial score (nSPS) is 12.4. The summed E-state index contributed by atoms with van der Waals surface area (Å²) in [5.41, 5.74) is 15.3. The van der Waals surface area contributed by atoms with Gasteiger partial charge in [-0.05, 0) is 96.1 Å². The summed E-state index contributed by atoms with van der Waals surface area (Å²) in [6, 6.07) is 63.5. The Morgan fingerprint density at radius 2 is 0.855 bits per heavy atom. The van der Waals surface area contributed by atoms with E-state index >= 15 is 0 Å². The van der Waals surface area contributed by atoms with Crippen molar-refractivity contribution in [3.05, 3.63) is 176 Å². The highest BCUT2D eigenvalue weighted by atomic mass is 15.0. The van der Waals surface area contributed by atoms with Gasteiger partial charge in [0.25, 0.3) is 0 Å². The Bertz CT molecular complexity index is 3700. The second-order valence-corrected chi connectivity index (χ2v) is 14.6. The summed E-state index contributed by atoms with van der Waals surface area (Å²) in [4.78, 5) is 10.6. The van der Waals surface area contributed by atoms with Crippen LogP contribution in [0.5, 0.6) is 0 Å². The lowest BCUT2D eigenvalue weighted by molar-refractivity contribution is 1.18. The molecule has 0 N–H and O–H groups in total. The second kappa shape index (κ2) is 10.6. The Labute approximate surface area is 313 Å². The monoisotopic (exact) mass is 699 g/mol. The first-order valence-corrected chi connectivity index (χ1v) is 18.8. The van der Waals surface area contributed by atoms with Crippen LogP contribution in [0.15, 0.2) is 176 Å². The summed E-state index contributed by atoms with van der Waals surface area (Å²) in [5.74, 6) is 0. The number of nitrogens with zero attached hydrogens (tertiary/aromatic N) is 5. The molecule has 0 saturated heterocycles. The van der Waals surface area contributed by atoms with Crippen molar-refractivity contribution >= 4 is 93.0 Å². The maximum absolute atomic E-state index is 5.32. The van der Waals surface area contributed by atoms with E-state index < -0.39 is 0 Å². The second-order valence-electron chi connectivity index (χ2n) is 14.6. The van der Waals surface area contributed by atoms with Crippen LogP contribution in [0.1, 0.15) is 0 Å². The molecule has 5 heterocycles. The van der Waals surface area contributed by atoms with Crippen LogP contribution in [0.4, 0.5) is 0 Å². The van der Waals surface area contributed by atoms with Crippen LogP contribution in [0.25, 0.3) is 116 Å². The smallest absolute Gasteiger partial charge is 0.165 e. The standard InChI is InChI=1S/C50H29N5/c1-3-13-32(14-4-1)53-43-21-11-7-17-34(43)36-25-30(23-24-45(36)53)31-26-39-38-28-37-35-18-8-12-22-44(35)54(33-15-5-2-6-16-33)46(37)29-47(38)55-49(39)40(27-31)48-50(55)52-42-20-10-9-19-41(42)51-48/h1-29H. The van der Waals surface area contributed by atoms with Crippen molar-refractivity contribution < 1.29 is 0 Å². The van der Waals surface area contributed by atoms with Crippen LogP contribution >= 0.6 is 0 Å². The van der Waals surface area contributed by atoms with Gasteiger partial charge in [-0.25, -0.2) is 9.97 Å². The van der Waals surface area contributed by atoms with Crippen LogP contribution in [0.2, 0.25) is 0 Å². The summed E-state index contributed by atoms with van der Waals surface area (Å²) in [7, 11) is 0. The fourth-order valence-electron chi connectivity index (χ4n) is 9.36. The summed E-state index contributed by atoms with van der Waals surface area (Å²) >= 11 is 0. The molecule has 5 heteroatoms. The number of benzene rings is 8. The Morgan fingerprint density at radius 3 is 1.56 bits per heavy atom. The number of hydrogen-bond acceptors (Lipinski definition) is 2. The Kier molecular flexibility index (Phi) is 5.57. The molecule has 0 radical (unpaired) electrons. The highest BCUT2D eigenvalue weighted by molar-refractivity contribution is 6.26. The summed E-state index contributed by atoms with van der Waals surface area (Å²) in [6.07, 6.45) is 0. The third-order valence-electron chi connectivity index (χ3n) is 11.7. The van der Waals surface area contributed by atoms with Gasteiger partial charge in [0.1, 0.15) is 5.52 Å². The number of para-hydroxylation sites is 6. The lowest BCUT2D eigenvalue weighted by atomic mass is 9.98. The number of rotatable bonds is 3. The van der Waals surface area contributed by atoms with E-state index in [1.54, 1.807) is 0 Å². The largest absolute Gasteiger partial charge is 0.309 e. The van der Waals surface area contributed by atoms with Gasteiger partial charge in [0, 0.05) is 49.1 Å². The number of hydrogen-bond donors (Lipinski definition) is 0. The predicted molar refractivity (Wildman–Crippen MR) is 228 cm³/mol. The highest BCUT2D eigenvalue weighted by Gasteiger charge is 2.24. The molecule has 0 bridgehead atoms. The van der Waals surface area contributed by atoms with Gasteiger partial charge in [-0.1, -0.05) is 91.0 Å². The lowest BCUT2D eigenvalue weighted by Gasteiger charge is -2.09. The molecular formula is C50H29N5. The van der Waals surface area contributed by atoms with Crippen molar-refractivity contribution in [2.45, 2.75) is 0 Å². The minimum atomic E-state index is 0.883. The minimum Gasteiger partial charge on any atom is -0.309 e. The van der Waals surface area contributed by atoms with Gasteiger partial charge >= 0.3 is 0 Å². The van der Waals surface area contributed by atoms with Crippen LogP contribution < -0.4 is 0 Å². The molecule has 5 nitrogen and oxygen atoms in total. The minimum absolute atomic E-state index is 0.883. The van der Waals surface area contributed by atoms with Crippen LogP contribution in [-0.2, 0) is 0 Å². The average molecular weight is 700 g/mol. The predicted octanol–water partition coefficient (Wildman–Crippen LogP) is 12.6. The van der Waals surface area contributed by atoms with E-state index in [-0.39, 0.29) is 0 Å². The van der Waals surface area contributed by atoms with Gasteiger partial charge in [0.2, 0.25) is 0 Å². The van der Waals surface area contributed by atoms with Crippen LogP contribution in [0.3, 0.4) is 0 Å². The molecule has 0 fully saturated rings. The summed E-state index contributed by atoms with van der Waals surface area (Å²) < 4.78 is 7.13. The van der Waals surface area contributed by atoms with E-state index in [9.17, 15) is 0 Å². The maximum atomic E-state index is 5.32. The molecule has 0 aliphatic heterocycles. The van der Waals surface area contributed by atoms with Crippen molar-refractivity contribution in [1.29, 1.82) is 0 Å². The van der Waals surface area contributed by atoms with Gasteiger partial charge in [-0.15, -0.1) is 0 Å². The van der Waals surface area contributed by atoms with E-state index in [0.717, 1.165) is 55.6 Å².